The Morgan fingerprint density at radius 3 is 2.67 bits per heavy atom. The molecule has 118 valence electrons. The predicted octanol–water partition coefficient (Wildman–Crippen LogP) is 3.39. The zero-order valence-corrected chi connectivity index (χ0v) is 13.7. The van der Waals surface area contributed by atoms with E-state index in [4.69, 9.17) is 4.74 Å². The third-order valence-electron chi connectivity index (χ3n) is 3.94. The molecule has 1 fully saturated rings. The Morgan fingerprint density at radius 2 is 2.00 bits per heavy atom. The first-order valence-corrected chi connectivity index (χ1v) is 9.24. The van der Waals surface area contributed by atoms with E-state index in [9.17, 15) is 8.42 Å². The minimum Gasteiger partial charge on any atom is -0.498 e. The van der Waals surface area contributed by atoms with Crippen molar-refractivity contribution in [3.05, 3.63) is 34.5 Å². The Kier molecular flexibility index (Phi) is 5.65. The summed E-state index contributed by atoms with van der Waals surface area (Å²) < 4.78 is 33.4. The highest BCUT2D eigenvalue weighted by molar-refractivity contribution is 7.93. The van der Waals surface area contributed by atoms with Gasteiger partial charge in [-0.1, -0.05) is 25.3 Å². The summed E-state index contributed by atoms with van der Waals surface area (Å²) in [5, 5.41) is 0. The van der Waals surface area contributed by atoms with E-state index in [0.29, 0.717) is 17.9 Å². The van der Waals surface area contributed by atoms with Crippen LogP contribution in [-0.4, -0.2) is 21.1 Å². The standard InChI is InChI=1S/C16H25NO3S/c1-3-20-16-11-7-10-15(12-13(16)2)21(18,19)17-14-8-5-4-6-9-14/h7,10,12,14,17H,3-6,8-9,11H2,1-2H3. The van der Waals surface area contributed by atoms with Gasteiger partial charge < -0.3 is 4.74 Å². The van der Waals surface area contributed by atoms with Crippen LogP contribution in [0.5, 0.6) is 0 Å². The van der Waals surface area contributed by atoms with E-state index in [-0.39, 0.29) is 6.04 Å². The average molecular weight is 311 g/mol. The molecule has 1 N–H and O–H groups in total. The van der Waals surface area contributed by atoms with Crippen molar-refractivity contribution in [1.29, 1.82) is 0 Å². The maximum Gasteiger partial charge on any atom is 0.240 e. The molecule has 0 atom stereocenters. The van der Waals surface area contributed by atoms with Gasteiger partial charge in [0, 0.05) is 12.5 Å². The Balaban J connectivity index is 2.16. The van der Waals surface area contributed by atoms with Crippen LogP contribution < -0.4 is 4.72 Å². The summed E-state index contributed by atoms with van der Waals surface area (Å²) >= 11 is 0. The topological polar surface area (TPSA) is 55.4 Å². The molecule has 1 saturated carbocycles. The van der Waals surface area contributed by atoms with Crippen molar-refractivity contribution < 1.29 is 13.2 Å². The SMILES string of the molecule is CCOC1=C(C)C=C(S(=O)(=O)NC2CCCCC2)C=CC1. The molecule has 0 aromatic carbocycles. The van der Waals surface area contributed by atoms with Crippen LogP contribution in [0.4, 0.5) is 0 Å². The molecule has 0 saturated heterocycles. The molecule has 2 rings (SSSR count). The molecule has 0 bridgehead atoms. The Labute approximate surface area is 128 Å². The summed E-state index contributed by atoms with van der Waals surface area (Å²) in [6, 6.07) is 0.0805. The van der Waals surface area contributed by atoms with E-state index in [0.717, 1.165) is 37.0 Å². The van der Waals surface area contributed by atoms with Crippen LogP contribution in [0.2, 0.25) is 0 Å². The summed E-state index contributed by atoms with van der Waals surface area (Å²) in [4.78, 5) is 0.334. The van der Waals surface area contributed by atoms with E-state index >= 15 is 0 Å². The molecule has 0 radical (unpaired) electrons. The number of ether oxygens (including phenoxy) is 1. The number of hydrogen-bond acceptors (Lipinski definition) is 3. The second-order valence-corrected chi connectivity index (χ2v) is 7.36. The lowest BCUT2D eigenvalue weighted by Crippen LogP contribution is -2.36. The minimum absolute atomic E-state index is 0.0805. The van der Waals surface area contributed by atoms with Gasteiger partial charge in [-0.05, 0) is 44.4 Å². The monoisotopic (exact) mass is 311 g/mol. The average Bonchev–Trinajstić information content (AvgIpc) is 2.63. The van der Waals surface area contributed by atoms with Crippen molar-refractivity contribution >= 4 is 10.0 Å². The summed E-state index contributed by atoms with van der Waals surface area (Å²) in [5.41, 5.74) is 0.880. The number of hydrogen-bond donors (Lipinski definition) is 1. The molecule has 0 aromatic heterocycles. The van der Waals surface area contributed by atoms with Crippen LogP contribution in [-0.2, 0) is 14.8 Å². The van der Waals surface area contributed by atoms with Crippen molar-refractivity contribution in [2.45, 2.75) is 58.4 Å². The Bertz CT molecular complexity index is 552. The van der Waals surface area contributed by atoms with Crippen molar-refractivity contribution in [2.24, 2.45) is 0 Å². The van der Waals surface area contributed by atoms with Crippen LogP contribution >= 0.6 is 0 Å². The molecular weight excluding hydrogens is 286 g/mol. The fourth-order valence-corrected chi connectivity index (χ4v) is 4.23. The zero-order chi connectivity index (χ0) is 15.3. The molecule has 5 heteroatoms. The molecule has 0 amide bonds. The van der Waals surface area contributed by atoms with Gasteiger partial charge in [-0.2, -0.15) is 0 Å². The summed E-state index contributed by atoms with van der Waals surface area (Å²) in [6.07, 6.45) is 11.2. The first kappa shape index (κ1) is 16.3. The van der Waals surface area contributed by atoms with Crippen LogP contribution in [0.1, 0.15) is 52.4 Å². The lowest BCUT2D eigenvalue weighted by atomic mass is 9.96. The molecule has 0 spiro atoms. The van der Waals surface area contributed by atoms with E-state index in [1.807, 2.05) is 19.9 Å². The summed E-state index contributed by atoms with van der Waals surface area (Å²) in [6.45, 7) is 4.42. The van der Waals surface area contributed by atoms with E-state index in [1.165, 1.54) is 6.42 Å². The quantitative estimate of drug-likeness (QED) is 0.846. The minimum atomic E-state index is -3.44. The largest absolute Gasteiger partial charge is 0.498 e. The lowest BCUT2D eigenvalue weighted by Gasteiger charge is -2.22. The maximum absolute atomic E-state index is 12.5. The highest BCUT2D eigenvalue weighted by Crippen LogP contribution is 2.23. The molecule has 0 aliphatic heterocycles. The molecule has 2 aliphatic carbocycles. The van der Waals surface area contributed by atoms with Crippen molar-refractivity contribution in [1.82, 2.24) is 4.72 Å². The van der Waals surface area contributed by atoms with Crippen molar-refractivity contribution in [3.8, 4) is 0 Å². The van der Waals surface area contributed by atoms with E-state index in [2.05, 4.69) is 4.72 Å². The highest BCUT2D eigenvalue weighted by Gasteiger charge is 2.23. The van der Waals surface area contributed by atoms with Gasteiger partial charge in [-0.25, -0.2) is 13.1 Å². The summed E-state index contributed by atoms with van der Waals surface area (Å²) in [5.74, 6) is 0.844. The number of nitrogens with one attached hydrogen (secondary N) is 1. The molecular formula is C16H25NO3S. The van der Waals surface area contributed by atoms with Gasteiger partial charge in [0.1, 0.15) is 5.76 Å². The van der Waals surface area contributed by atoms with Crippen LogP contribution in [0.25, 0.3) is 0 Å². The second kappa shape index (κ2) is 7.27. The maximum atomic E-state index is 12.5. The van der Waals surface area contributed by atoms with Crippen molar-refractivity contribution in [2.75, 3.05) is 6.61 Å². The molecule has 0 aromatic rings. The smallest absolute Gasteiger partial charge is 0.240 e. The molecule has 0 heterocycles. The zero-order valence-electron chi connectivity index (χ0n) is 12.9. The molecule has 21 heavy (non-hydrogen) atoms. The highest BCUT2D eigenvalue weighted by atomic mass is 32.2. The fraction of sp³-hybridized carbons (Fsp3) is 0.625. The lowest BCUT2D eigenvalue weighted by molar-refractivity contribution is 0.222. The van der Waals surface area contributed by atoms with Gasteiger partial charge in [0.15, 0.2) is 0 Å². The van der Waals surface area contributed by atoms with Gasteiger partial charge in [-0.15, -0.1) is 0 Å². The first-order valence-electron chi connectivity index (χ1n) is 7.76. The second-order valence-electron chi connectivity index (χ2n) is 5.65. The van der Waals surface area contributed by atoms with Gasteiger partial charge >= 0.3 is 0 Å². The number of sulfonamides is 1. The normalized spacial score (nSPS) is 21.1. The van der Waals surface area contributed by atoms with Crippen LogP contribution in [0, 0.1) is 0 Å². The van der Waals surface area contributed by atoms with E-state index in [1.54, 1.807) is 12.2 Å². The molecule has 4 nitrogen and oxygen atoms in total. The Hall–Kier alpha value is -1.07. The first-order chi connectivity index (χ1) is 10.0. The van der Waals surface area contributed by atoms with Gasteiger partial charge in [-0.3, -0.25) is 0 Å². The van der Waals surface area contributed by atoms with E-state index < -0.39 is 10.0 Å². The molecule has 2 aliphatic rings. The third kappa shape index (κ3) is 4.45. The summed E-state index contributed by atoms with van der Waals surface area (Å²) in [7, 11) is -3.44. The van der Waals surface area contributed by atoms with Gasteiger partial charge in [0.25, 0.3) is 0 Å². The third-order valence-corrected chi connectivity index (χ3v) is 5.46. The number of allylic oxidation sites excluding steroid dienone is 4. The van der Waals surface area contributed by atoms with Crippen LogP contribution in [0.15, 0.2) is 34.5 Å². The molecule has 0 unspecified atom stereocenters. The Morgan fingerprint density at radius 1 is 1.29 bits per heavy atom. The predicted molar refractivity (Wildman–Crippen MR) is 85.1 cm³/mol. The van der Waals surface area contributed by atoms with Gasteiger partial charge in [0.2, 0.25) is 10.0 Å². The van der Waals surface area contributed by atoms with Crippen molar-refractivity contribution in [3.63, 3.8) is 0 Å². The van der Waals surface area contributed by atoms with Gasteiger partial charge in [0.05, 0.1) is 11.5 Å². The fourth-order valence-electron chi connectivity index (χ4n) is 2.81. The van der Waals surface area contributed by atoms with Crippen LogP contribution in [0.3, 0.4) is 0 Å². The number of rotatable bonds is 5.